The Bertz CT molecular complexity index is 1090. The lowest BCUT2D eigenvalue weighted by Gasteiger charge is -2.33. The molecule has 1 atom stereocenters. The van der Waals surface area contributed by atoms with Crippen molar-refractivity contribution in [3.05, 3.63) is 59.7 Å². The molecule has 1 N–H and O–H groups in total. The van der Waals surface area contributed by atoms with E-state index < -0.39 is 17.2 Å². The molecular formula is C28H37F2N3O6. The van der Waals surface area contributed by atoms with Gasteiger partial charge in [0.05, 0.1) is 19.8 Å². The summed E-state index contributed by atoms with van der Waals surface area (Å²) in [5, 5.41) is 11.6. The van der Waals surface area contributed by atoms with Crippen LogP contribution in [0.2, 0.25) is 0 Å². The fraction of sp³-hybridized carbons (Fsp3) is 0.536. The van der Waals surface area contributed by atoms with Gasteiger partial charge in [-0.1, -0.05) is 12.1 Å². The summed E-state index contributed by atoms with van der Waals surface area (Å²) in [6.45, 7) is 6.04. The van der Waals surface area contributed by atoms with Crippen LogP contribution in [-0.4, -0.2) is 117 Å². The van der Waals surface area contributed by atoms with Gasteiger partial charge in [0.1, 0.15) is 36.9 Å². The molecule has 2 heterocycles. The normalized spacial score (nSPS) is 21.0. The average molecular weight is 550 g/mol. The molecule has 4 rings (SSSR count). The Kier molecular flexibility index (Phi) is 10.5. The highest BCUT2D eigenvalue weighted by Gasteiger charge is 2.37. The van der Waals surface area contributed by atoms with Gasteiger partial charge in [0.15, 0.2) is 11.6 Å². The highest BCUT2D eigenvalue weighted by atomic mass is 19.2. The van der Waals surface area contributed by atoms with E-state index in [1.54, 1.807) is 4.90 Å². The van der Waals surface area contributed by atoms with E-state index >= 15 is 0 Å². The number of ether oxygens (including phenoxy) is 4. The number of β-amino-alcohol motifs (C(OH)–C–C–N with tert-alkyl or cyclic N) is 1. The third-order valence-corrected chi connectivity index (χ3v) is 6.79. The molecule has 39 heavy (non-hydrogen) atoms. The molecule has 0 unspecified atom stereocenters. The van der Waals surface area contributed by atoms with E-state index in [0.717, 1.165) is 56.3 Å². The van der Waals surface area contributed by atoms with Crippen LogP contribution in [0, 0.1) is 11.6 Å². The van der Waals surface area contributed by atoms with E-state index in [2.05, 4.69) is 4.90 Å². The highest BCUT2D eigenvalue weighted by molar-refractivity contribution is 5.77. The topological polar surface area (TPSA) is 83.9 Å². The van der Waals surface area contributed by atoms with Crippen LogP contribution in [-0.2, 0) is 20.8 Å². The van der Waals surface area contributed by atoms with Gasteiger partial charge in [-0.2, -0.15) is 0 Å². The van der Waals surface area contributed by atoms with E-state index in [1.807, 2.05) is 29.2 Å². The van der Waals surface area contributed by atoms with Gasteiger partial charge in [-0.3, -0.25) is 14.6 Å². The number of benzene rings is 2. The van der Waals surface area contributed by atoms with Crippen LogP contribution in [0.1, 0.15) is 5.56 Å². The van der Waals surface area contributed by atoms with Gasteiger partial charge in [0, 0.05) is 59.0 Å². The number of carbonyl (C=O) groups is 1. The van der Waals surface area contributed by atoms with Crippen LogP contribution in [0.3, 0.4) is 0 Å². The predicted molar refractivity (Wildman–Crippen MR) is 140 cm³/mol. The zero-order chi connectivity index (χ0) is 27.7. The second-order valence-corrected chi connectivity index (χ2v) is 10.00. The largest absolute Gasteiger partial charge is 0.492 e. The molecule has 0 aromatic heterocycles. The number of nitrogens with zero attached hydrogens (tertiary/aromatic N) is 3. The van der Waals surface area contributed by atoms with Crippen LogP contribution >= 0.6 is 0 Å². The third kappa shape index (κ3) is 8.84. The van der Waals surface area contributed by atoms with Gasteiger partial charge in [-0.25, -0.2) is 8.78 Å². The van der Waals surface area contributed by atoms with Crippen LogP contribution in [0.5, 0.6) is 11.5 Å². The SMILES string of the molecule is COCC(=O)N1CCN(Cc2cccc(OCCN3CCOCC3)c2)C[C@](O)(COc2ccc(F)c(F)c2)C1. The fourth-order valence-electron chi connectivity index (χ4n) is 4.79. The van der Waals surface area contributed by atoms with Gasteiger partial charge in [-0.15, -0.1) is 0 Å². The number of hydrogen-bond acceptors (Lipinski definition) is 8. The lowest BCUT2D eigenvalue weighted by molar-refractivity contribution is -0.138. The molecule has 0 radical (unpaired) electrons. The van der Waals surface area contributed by atoms with E-state index in [0.29, 0.717) is 26.2 Å². The quantitative estimate of drug-likeness (QED) is 0.454. The average Bonchev–Trinajstić information content (AvgIpc) is 3.09. The van der Waals surface area contributed by atoms with Crippen LogP contribution < -0.4 is 9.47 Å². The first-order valence-electron chi connectivity index (χ1n) is 13.1. The van der Waals surface area contributed by atoms with Crippen molar-refractivity contribution < 1.29 is 37.6 Å². The molecule has 0 spiro atoms. The van der Waals surface area contributed by atoms with Crippen molar-refractivity contribution in [3.63, 3.8) is 0 Å². The maximum absolute atomic E-state index is 13.7. The number of methoxy groups -OCH3 is 1. The lowest BCUT2D eigenvalue weighted by atomic mass is 10.0. The maximum Gasteiger partial charge on any atom is 0.248 e. The summed E-state index contributed by atoms with van der Waals surface area (Å²) in [5.41, 5.74) is -0.462. The Morgan fingerprint density at radius 1 is 0.974 bits per heavy atom. The number of carbonyl (C=O) groups excluding carboxylic acids is 1. The van der Waals surface area contributed by atoms with E-state index in [9.17, 15) is 18.7 Å². The second kappa shape index (κ2) is 14.0. The first kappa shape index (κ1) is 29.2. The molecule has 2 aromatic carbocycles. The number of morpholine rings is 1. The smallest absolute Gasteiger partial charge is 0.248 e. The summed E-state index contributed by atoms with van der Waals surface area (Å²) in [6, 6.07) is 11.0. The molecular weight excluding hydrogens is 512 g/mol. The molecule has 2 aromatic rings. The lowest BCUT2D eigenvalue weighted by Crippen LogP contribution is -2.52. The Labute approximate surface area is 227 Å². The van der Waals surface area contributed by atoms with Crippen molar-refractivity contribution in [2.75, 3.05) is 86.0 Å². The predicted octanol–water partition coefficient (Wildman–Crippen LogP) is 1.78. The molecule has 2 aliphatic rings. The summed E-state index contributed by atoms with van der Waals surface area (Å²) in [5.74, 6) is -1.41. The van der Waals surface area contributed by atoms with E-state index in [4.69, 9.17) is 18.9 Å². The van der Waals surface area contributed by atoms with Crippen LogP contribution in [0.15, 0.2) is 42.5 Å². The Morgan fingerprint density at radius 3 is 2.54 bits per heavy atom. The molecule has 9 nitrogen and oxygen atoms in total. The number of rotatable bonds is 11. The van der Waals surface area contributed by atoms with Crippen molar-refractivity contribution in [1.82, 2.24) is 14.7 Å². The molecule has 1 amide bonds. The molecule has 2 aliphatic heterocycles. The van der Waals surface area contributed by atoms with Crippen LogP contribution in [0.25, 0.3) is 0 Å². The summed E-state index contributed by atoms with van der Waals surface area (Å²) < 4.78 is 49.0. The Hall–Kier alpha value is -2.83. The second-order valence-electron chi connectivity index (χ2n) is 10.00. The minimum atomic E-state index is -1.46. The minimum absolute atomic E-state index is 0.0139. The number of amides is 1. The molecule has 0 aliphatic carbocycles. The fourth-order valence-corrected chi connectivity index (χ4v) is 4.79. The standard InChI is InChI=1S/C28H37F2N3O6/c1-36-18-27(34)33-8-7-32(19-28(35,20-33)21-39-24-5-6-25(29)26(30)16-24)17-22-3-2-4-23(15-22)38-14-11-31-9-12-37-13-10-31/h2-6,15-16,35H,7-14,17-21H2,1H3/t28-/m1/s1. The number of halogens is 2. The molecule has 214 valence electrons. The summed E-state index contributed by atoms with van der Waals surface area (Å²) in [4.78, 5) is 18.5. The first-order valence-corrected chi connectivity index (χ1v) is 13.1. The monoisotopic (exact) mass is 549 g/mol. The molecule has 0 saturated carbocycles. The minimum Gasteiger partial charge on any atom is -0.492 e. The molecule has 0 bridgehead atoms. The van der Waals surface area contributed by atoms with Gasteiger partial charge in [0.25, 0.3) is 0 Å². The first-order chi connectivity index (χ1) is 18.8. The third-order valence-electron chi connectivity index (χ3n) is 6.79. The maximum atomic E-state index is 13.7. The molecule has 2 fully saturated rings. The molecule has 11 heteroatoms. The van der Waals surface area contributed by atoms with Gasteiger partial charge < -0.3 is 29.0 Å². The van der Waals surface area contributed by atoms with Crippen LogP contribution in [0.4, 0.5) is 8.78 Å². The molecule has 2 saturated heterocycles. The van der Waals surface area contributed by atoms with Gasteiger partial charge in [-0.05, 0) is 29.8 Å². The van der Waals surface area contributed by atoms with Gasteiger partial charge >= 0.3 is 0 Å². The van der Waals surface area contributed by atoms with E-state index in [-0.39, 0.29) is 38.0 Å². The zero-order valence-electron chi connectivity index (χ0n) is 22.3. The number of hydrogen-bond donors (Lipinski definition) is 1. The summed E-state index contributed by atoms with van der Waals surface area (Å²) >= 11 is 0. The van der Waals surface area contributed by atoms with Gasteiger partial charge in [0.2, 0.25) is 5.91 Å². The highest BCUT2D eigenvalue weighted by Crippen LogP contribution is 2.22. The van der Waals surface area contributed by atoms with Crippen molar-refractivity contribution >= 4 is 5.91 Å². The Balaban J connectivity index is 1.40. The van der Waals surface area contributed by atoms with E-state index in [1.165, 1.54) is 13.2 Å². The summed E-state index contributed by atoms with van der Waals surface area (Å²) in [6.07, 6.45) is 0. The summed E-state index contributed by atoms with van der Waals surface area (Å²) in [7, 11) is 1.44. The zero-order valence-corrected chi connectivity index (χ0v) is 22.3. The van der Waals surface area contributed by atoms with Crippen molar-refractivity contribution in [2.24, 2.45) is 0 Å². The van der Waals surface area contributed by atoms with Crippen molar-refractivity contribution in [2.45, 2.75) is 12.1 Å². The van der Waals surface area contributed by atoms with Crippen molar-refractivity contribution in [3.8, 4) is 11.5 Å². The Morgan fingerprint density at radius 2 is 1.77 bits per heavy atom. The van der Waals surface area contributed by atoms with Crippen molar-refractivity contribution in [1.29, 1.82) is 0 Å². The number of aliphatic hydroxyl groups is 1.